The van der Waals surface area contributed by atoms with E-state index in [2.05, 4.69) is 10.3 Å². The van der Waals surface area contributed by atoms with E-state index >= 15 is 0 Å². The number of aryl methyl sites for hydroxylation is 2. The van der Waals surface area contributed by atoms with E-state index in [1.807, 2.05) is 0 Å². The molecule has 5 nitrogen and oxygen atoms in total. The van der Waals surface area contributed by atoms with Gasteiger partial charge in [0.2, 0.25) is 0 Å². The Morgan fingerprint density at radius 3 is 2.88 bits per heavy atom. The first-order valence-electron chi connectivity index (χ1n) is 7.73. The lowest BCUT2D eigenvalue weighted by Gasteiger charge is -2.11. The van der Waals surface area contributed by atoms with Crippen molar-refractivity contribution in [3.05, 3.63) is 62.0 Å². The SMILES string of the molecule is O=C(Nc1cnc2sc3c(n2c1=O)CCCC3)c1ccccc1Cl. The van der Waals surface area contributed by atoms with Gasteiger partial charge in [0.15, 0.2) is 4.96 Å². The Hall–Kier alpha value is -2.18. The highest BCUT2D eigenvalue weighted by Gasteiger charge is 2.20. The number of nitrogens with zero attached hydrogens (tertiary/aromatic N) is 2. The molecule has 122 valence electrons. The molecule has 1 amide bonds. The number of aromatic nitrogens is 2. The molecule has 24 heavy (non-hydrogen) atoms. The largest absolute Gasteiger partial charge is 0.316 e. The van der Waals surface area contributed by atoms with Crippen molar-refractivity contribution in [1.29, 1.82) is 0 Å². The lowest BCUT2D eigenvalue weighted by Crippen LogP contribution is -2.24. The molecule has 3 aromatic rings. The van der Waals surface area contributed by atoms with Crippen LogP contribution in [-0.4, -0.2) is 15.3 Å². The number of halogens is 1. The standard InChI is InChI=1S/C17H14ClN3O2S/c18-11-6-2-1-5-10(11)15(22)20-12-9-19-17-21(16(12)23)13-7-3-4-8-14(13)24-17/h1-2,5-6,9H,3-4,7-8H2,(H,20,22). The van der Waals surface area contributed by atoms with Crippen LogP contribution in [0.4, 0.5) is 5.69 Å². The van der Waals surface area contributed by atoms with Crippen LogP contribution in [0.3, 0.4) is 0 Å². The molecule has 0 fully saturated rings. The van der Waals surface area contributed by atoms with Crippen LogP contribution in [0.15, 0.2) is 35.3 Å². The zero-order valence-electron chi connectivity index (χ0n) is 12.7. The van der Waals surface area contributed by atoms with Gasteiger partial charge in [-0.2, -0.15) is 0 Å². The van der Waals surface area contributed by atoms with E-state index in [1.165, 1.54) is 11.1 Å². The third-order valence-electron chi connectivity index (χ3n) is 4.17. The summed E-state index contributed by atoms with van der Waals surface area (Å²) in [7, 11) is 0. The van der Waals surface area contributed by atoms with E-state index in [-0.39, 0.29) is 11.2 Å². The molecule has 0 saturated heterocycles. The Bertz CT molecular complexity index is 1010. The fraction of sp³-hybridized carbons (Fsp3) is 0.235. The van der Waals surface area contributed by atoms with Crippen LogP contribution in [0.5, 0.6) is 0 Å². The fourth-order valence-corrected chi connectivity index (χ4v) is 4.38. The maximum atomic E-state index is 12.8. The summed E-state index contributed by atoms with van der Waals surface area (Å²) in [5.41, 5.74) is 1.30. The first-order chi connectivity index (χ1) is 11.6. The van der Waals surface area contributed by atoms with Crippen molar-refractivity contribution in [3.63, 3.8) is 0 Å². The molecule has 2 heterocycles. The number of rotatable bonds is 2. The highest BCUT2D eigenvalue weighted by molar-refractivity contribution is 7.17. The van der Waals surface area contributed by atoms with E-state index in [9.17, 15) is 9.59 Å². The van der Waals surface area contributed by atoms with Crippen molar-refractivity contribution < 1.29 is 4.79 Å². The Morgan fingerprint density at radius 1 is 1.25 bits per heavy atom. The van der Waals surface area contributed by atoms with Gasteiger partial charge in [-0.15, -0.1) is 11.3 Å². The highest BCUT2D eigenvalue weighted by atomic mass is 35.5. The molecular formula is C17H14ClN3O2S. The van der Waals surface area contributed by atoms with Gasteiger partial charge >= 0.3 is 0 Å². The van der Waals surface area contributed by atoms with Crippen LogP contribution in [0.25, 0.3) is 4.96 Å². The smallest absolute Gasteiger partial charge is 0.282 e. The van der Waals surface area contributed by atoms with Crippen LogP contribution in [0, 0.1) is 0 Å². The Balaban J connectivity index is 1.75. The number of thiazole rings is 1. The molecule has 0 unspecified atom stereocenters. The molecule has 1 aliphatic carbocycles. The quantitative estimate of drug-likeness (QED) is 0.761. The molecule has 1 aromatic carbocycles. The summed E-state index contributed by atoms with van der Waals surface area (Å²) >= 11 is 7.60. The van der Waals surface area contributed by atoms with Gasteiger partial charge in [0.05, 0.1) is 16.8 Å². The second kappa shape index (κ2) is 6.03. The van der Waals surface area contributed by atoms with Crippen LogP contribution < -0.4 is 10.9 Å². The summed E-state index contributed by atoms with van der Waals surface area (Å²) in [6, 6.07) is 6.73. The summed E-state index contributed by atoms with van der Waals surface area (Å²) in [6.45, 7) is 0. The third-order valence-corrected chi connectivity index (χ3v) is 5.66. The maximum Gasteiger partial charge on any atom is 0.282 e. The summed E-state index contributed by atoms with van der Waals surface area (Å²) in [5, 5.41) is 2.99. The molecule has 0 saturated carbocycles. The van der Waals surface area contributed by atoms with E-state index in [0.717, 1.165) is 31.4 Å². The second-order valence-corrected chi connectivity index (χ2v) is 7.18. The van der Waals surface area contributed by atoms with Crippen molar-refractivity contribution in [1.82, 2.24) is 9.38 Å². The van der Waals surface area contributed by atoms with Crippen molar-refractivity contribution in [3.8, 4) is 0 Å². The molecule has 0 bridgehead atoms. The second-order valence-electron chi connectivity index (χ2n) is 5.71. The van der Waals surface area contributed by atoms with Crippen molar-refractivity contribution in [2.75, 3.05) is 5.32 Å². The first kappa shape index (κ1) is 15.4. The Labute approximate surface area is 146 Å². The number of hydrogen-bond acceptors (Lipinski definition) is 4. The average molecular weight is 360 g/mol. The summed E-state index contributed by atoms with van der Waals surface area (Å²) < 4.78 is 1.64. The minimum absolute atomic E-state index is 0.170. The number of carbonyl (C=O) groups is 1. The van der Waals surface area contributed by atoms with Crippen LogP contribution in [0.2, 0.25) is 5.02 Å². The van der Waals surface area contributed by atoms with Crippen LogP contribution >= 0.6 is 22.9 Å². The molecule has 0 spiro atoms. The molecular weight excluding hydrogens is 346 g/mol. The molecule has 1 aliphatic rings. The molecule has 0 atom stereocenters. The lowest BCUT2D eigenvalue weighted by atomic mass is 10.0. The summed E-state index contributed by atoms with van der Waals surface area (Å²) in [6.07, 6.45) is 5.50. The van der Waals surface area contributed by atoms with Crippen molar-refractivity contribution >= 4 is 39.5 Å². The maximum absolute atomic E-state index is 12.8. The molecule has 0 aliphatic heterocycles. The summed E-state index contributed by atoms with van der Waals surface area (Å²) in [4.78, 5) is 31.4. The first-order valence-corrected chi connectivity index (χ1v) is 8.93. The van der Waals surface area contributed by atoms with E-state index in [0.29, 0.717) is 15.5 Å². The molecule has 7 heteroatoms. The number of nitrogens with one attached hydrogen (secondary N) is 1. The third kappa shape index (κ3) is 2.52. The van der Waals surface area contributed by atoms with Gasteiger partial charge < -0.3 is 5.32 Å². The molecule has 4 rings (SSSR count). The van der Waals surface area contributed by atoms with E-state index < -0.39 is 5.91 Å². The van der Waals surface area contributed by atoms with Crippen LogP contribution in [0.1, 0.15) is 33.8 Å². The normalized spacial score (nSPS) is 13.7. The van der Waals surface area contributed by atoms with E-state index in [4.69, 9.17) is 11.6 Å². The highest BCUT2D eigenvalue weighted by Crippen LogP contribution is 2.28. The van der Waals surface area contributed by atoms with Crippen molar-refractivity contribution in [2.45, 2.75) is 25.7 Å². The minimum atomic E-state index is -0.413. The zero-order chi connectivity index (χ0) is 16.7. The van der Waals surface area contributed by atoms with E-state index in [1.54, 1.807) is 40.0 Å². The monoisotopic (exact) mass is 359 g/mol. The molecule has 0 radical (unpaired) electrons. The van der Waals surface area contributed by atoms with Gasteiger partial charge in [0, 0.05) is 10.6 Å². The number of carbonyl (C=O) groups excluding carboxylic acids is 1. The van der Waals surface area contributed by atoms with Gasteiger partial charge in [-0.3, -0.25) is 14.0 Å². The number of benzene rings is 1. The number of anilines is 1. The average Bonchev–Trinajstić information content (AvgIpc) is 2.97. The van der Waals surface area contributed by atoms with Gasteiger partial charge in [0.1, 0.15) is 5.69 Å². The zero-order valence-corrected chi connectivity index (χ0v) is 14.3. The number of hydrogen-bond donors (Lipinski definition) is 1. The van der Waals surface area contributed by atoms with Gasteiger partial charge in [-0.05, 0) is 37.8 Å². The topological polar surface area (TPSA) is 63.5 Å². The summed E-state index contributed by atoms with van der Waals surface area (Å²) in [5.74, 6) is -0.413. The van der Waals surface area contributed by atoms with Gasteiger partial charge in [-0.1, -0.05) is 23.7 Å². The minimum Gasteiger partial charge on any atom is -0.316 e. The Morgan fingerprint density at radius 2 is 2.04 bits per heavy atom. The molecule has 2 aromatic heterocycles. The predicted molar refractivity (Wildman–Crippen MR) is 95.4 cm³/mol. The van der Waals surface area contributed by atoms with Gasteiger partial charge in [0.25, 0.3) is 11.5 Å². The predicted octanol–water partition coefficient (Wildman–Crippen LogP) is 3.54. The fourth-order valence-electron chi connectivity index (χ4n) is 2.99. The lowest BCUT2D eigenvalue weighted by molar-refractivity contribution is 0.102. The number of amides is 1. The van der Waals surface area contributed by atoms with Gasteiger partial charge in [-0.25, -0.2) is 4.98 Å². The van der Waals surface area contributed by atoms with Crippen LogP contribution in [-0.2, 0) is 12.8 Å². The number of fused-ring (bicyclic) bond motifs is 3. The Kier molecular flexibility index (Phi) is 3.86. The molecule has 1 N–H and O–H groups in total. The van der Waals surface area contributed by atoms with Crippen molar-refractivity contribution in [2.24, 2.45) is 0 Å².